The van der Waals surface area contributed by atoms with Crippen LogP contribution in [0.15, 0.2) is 35.4 Å². The molecule has 1 N–H and O–H groups in total. The molecule has 6 heteroatoms. The molecule has 1 heterocycles. The van der Waals surface area contributed by atoms with Gasteiger partial charge in [0.25, 0.3) is 0 Å². The van der Waals surface area contributed by atoms with Crippen molar-refractivity contribution in [3.63, 3.8) is 0 Å². The maximum atomic E-state index is 5.85. The molecule has 4 nitrogen and oxygen atoms in total. The Morgan fingerprint density at radius 3 is 2.54 bits per heavy atom. The number of hydrazine groups is 2. The number of nitrogens with zero attached hydrogens (tertiary/aromatic N) is 3. The lowest BCUT2D eigenvalue weighted by atomic mass is 10.3. The molecule has 1 aromatic carbocycles. The number of nitrogens with one attached hydrogen (secondary N) is 1. The van der Waals surface area contributed by atoms with E-state index in [-0.39, 0.29) is 0 Å². The number of hydrogen-bond acceptors (Lipinski definition) is 4. The fourth-order valence-electron chi connectivity index (χ4n) is 1.02. The van der Waals surface area contributed by atoms with Crippen LogP contribution in [0.25, 0.3) is 0 Å². The number of halogens is 2. The fourth-order valence-corrected chi connectivity index (χ4v) is 1.74. The lowest BCUT2D eigenvalue weighted by molar-refractivity contribution is 0.427. The lowest BCUT2D eigenvalue weighted by Gasteiger charge is -2.21. The van der Waals surface area contributed by atoms with Crippen molar-refractivity contribution in [2.75, 3.05) is 5.01 Å². The number of hydrazone groups is 1. The number of rotatable bonds is 1. The van der Waals surface area contributed by atoms with Gasteiger partial charge in [-0.3, -0.25) is 0 Å². The van der Waals surface area contributed by atoms with E-state index >= 15 is 0 Å². The highest BCUT2D eigenvalue weighted by atomic mass is 79.9. The molecule has 0 unspecified atom stereocenters. The molecule has 0 spiro atoms. The summed E-state index contributed by atoms with van der Waals surface area (Å²) in [6.07, 6.45) is 0. The van der Waals surface area contributed by atoms with Gasteiger partial charge in [-0.1, -0.05) is 18.2 Å². The molecule has 1 aliphatic rings. The van der Waals surface area contributed by atoms with Crippen molar-refractivity contribution in [2.45, 2.75) is 0 Å². The van der Waals surface area contributed by atoms with Crippen molar-refractivity contribution in [1.29, 1.82) is 0 Å². The molecule has 1 aliphatic heterocycles. The fraction of sp³-hybridized carbons (Fsp3) is 0. The van der Waals surface area contributed by atoms with E-state index in [9.17, 15) is 0 Å². The summed E-state index contributed by atoms with van der Waals surface area (Å²) < 4.78 is 1.52. The van der Waals surface area contributed by atoms with Gasteiger partial charge in [0.05, 0.1) is 21.8 Å². The van der Waals surface area contributed by atoms with Crippen LogP contribution in [0.3, 0.4) is 0 Å². The average molecular weight is 262 g/mol. The molecule has 68 valence electrons. The zero-order valence-electron chi connectivity index (χ0n) is 6.48. The second kappa shape index (κ2) is 3.53. The van der Waals surface area contributed by atoms with Gasteiger partial charge >= 0.3 is 0 Å². The number of amidine groups is 1. The van der Waals surface area contributed by atoms with Gasteiger partial charge in [-0.15, -0.1) is 5.10 Å². The summed E-state index contributed by atoms with van der Waals surface area (Å²) in [5.41, 5.74) is 3.58. The largest absolute Gasteiger partial charge is 0.239 e. The Morgan fingerprint density at radius 2 is 2.00 bits per heavy atom. The molecule has 1 aromatic rings. The highest BCUT2D eigenvalue weighted by Gasteiger charge is 2.23. The minimum Gasteiger partial charge on any atom is -0.216 e. The molecule has 0 bridgehead atoms. The number of anilines is 1. The Hall–Kier alpha value is -0.780. The summed E-state index contributed by atoms with van der Waals surface area (Å²) >= 11 is 9.08. The van der Waals surface area contributed by atoms with Crippen molar-refractivity contribution in [1.82, 2.24) is 9.68 Å². The Labute approximate surface area is 89.0 Å². The number of benzene rings is 1. The van der Waals surface area contributed by atoms with Gasteiger partial charge in [0.2, 0.25) is 5.29 Å². The first-order valence-corrected chi connectivity index (χ1v) is 4.67. The first kappa shape index (κ1) is 8.80. The van der Waals surface area contributed by atoms with Gasteiger partial charge in [0.1, 0.15) is 0 Å². The smallest absolute Gasteiger partial charge is 0.216 e. The van der Waals surface area contributed by atoms with E-state index in [2.05, 4.69) is 26.8 Å². The summed E-state index contributed by atoms with van der Waals surface area (Å²) in [5.74, 6) is 0. The van der Waals surface area contributed by atoms with Crippen molar-refractivity contribution >= 4 is 38.7 Å². The summed E-state index contributed by atoms with van der Waals surface area (Å²) in [7, 11) is 0. The standard InChI is InChI=1S/C7H6BrClN4/c8-13-11-10-7(9)12(13)6-4-2-1-3-5-6/h1-5,11H. The molecule has 0 saturated heterocycles. The maximum Gasteiger partial charge on any atom is 0.239 e. The van der Waals surface area contributed by atoms with E-state index in [1.54, 1.807) is 5.01 Å². The van der Waals surface area contributed by atoms with Gasteiger partial charge in [0, 0.05) is 0 Å². The van der Waals surface area contributed by atoms with Gasteiger partial charge < -0.3 is 0 Å². The van der Waals surface area contributed by atoms with Crippen LogP contribution >= 0.6 is 27.7 Å². The molecular weight excluding hydrogens is 255 g/mol. The van der Waals surface area contributed by atoms with Crippen molar-refractivity contribution < 1.29 is 0 Å². The SMILES string of the molecule is ClC1=NNN(Br)N1c1ccccc1. The molecule has 0 amide bonds. The van der Waals surface area contributed by atoms with E-state index in [1.807, 2.05) is 30.3 Å². The maximum absolute atomic E-state index is 5.85. The van der Waals surface area contributed by atoms with E-state index in [4.69, 9.17) is 11.6 Å². The number of para-hydroxylation sites is 1. The highest BCUT2D eigenvalue weighted by Crippen LogP contribution is 2.21. The van der Waals surface area contributed by atoms with Crippen molar-refractivity contribution in [2.24, 2.45) is 5.10 Å². The summed E-state index contributed by atoms with van der Waals surface area (Å²) in [6, 6.07) is 9.66. The summed E-state index contributed by atoms with van der Waals surface area (Å²) in [5, 5.41) is 5.86. The molecule has 0 radical (unpaired) electrons. The quantitative estimate of drug-likeness (QED) is 0.620. The Morgan fingerprint density at radius 1 is 1.31 bits per heavy atom. The summed E-state index contributed by atoms with van der Waals surface area (Å²) in [6.45, 7) is 0. The Balaban J connectivity index is 2.31. The van der Waals surface area contributed by atoms with Crippen LogP contribution < -0.4 is 10.5 Å². The van der Waals surface area contributed by atoms with Crippen LogP contribution in [0.2, 0.25) is 0 Å². The average Bonchev–Trinajstić information content (AvgIpc) is 2.48. The second-order valence-electron chi connectivity index (χ2n) is 2.39. The second-order valence-corrected chi connectivity index (χ2v) is 3.40. The van der Waals surface area contributed by atoms with E-state index in [0.29, 0.717) is 5.29 Å². The van der Waals surface area contributed by atoms with Crippen molar-refractivity contribution in [3.05, 3.63) is 30.3 Å². The third-order valence-electron chi connectivity index (χ3n) is 1.58. The van der Waals surface area contributed by atoms with Gasteiger partial charge in [0.15, 0.2) is 0 Å². The van der Waals surface area contributed by atoms with Crippen LogP contribution in [0.1, 0.15) is 0 Å². The predicted molar refractivity (Wildman–Crippen MR) is 56.1 cm³/mol. The Kier molecular flexibility index (Phi) is 2.39. The van der Waals surface area contributed by atoms with Crippen LogP contribution in [0.5, 0.6) is 0 Å². The van der Waals surface area contributed by atoms with Crippen molar-refractivity contribution in [3.8, 4) is 0 Å². The number of hydrogen-bond donors (Lipinski definition) is 1. The van der Waals surface area contributed by atoms with Gasteiger partial charge in [-0.05, 0) is 27.9 Å². The van der Waals surface area contributed by atoms with Gasteiger partial charge in [-0.2, -0.15) is 0 Å². The van der Waals surface area contributed by atoms with Crippen LogP contribution in [-0.4, -0.2) is 9.44 Å². The molecule has 0 atom stereocenters. The van der Waals surface area contributed by atoms with E-state index in [1.165, 1.54) is 4.14 Å². The molecule has 0 aliphatic carbocycles. The molecule has 0 fully saturated rings. The molecule has 13 heavy (non-hydrogen) atoms. The third-order valence-corrected chi connectivity index (χ3v) is 2.30. The minimum atomic E-state index is 0.364. The monoisotopic (exact) mass is 260 g/mol. The molecule has 0 saturated carbocycles. The topological polar surface area (TPSA) is 30.9 Å². The third kappa shape index (κ3) is 1.63. The summed E-state index contributed by atoms with van der Waals surface area (Å²) in [4.78, 5) is 0. The van der Waals surface area contributed by atoms with Crippen LogP contribution in [0, 0.1) is 0 Å². The highest BCUT2D eigenvalue weighted by molar-refractivity contribution is 9.07. The first-order chi connectivity index (χ1) is 6.29. The lowest BCUT2D eigenvalue weighted by Crippen LogP contribution is -2.36. The molecule has 0 aromatic heterocycles. The van der Waals surface area contributed by atoms with Gasteiger partial charge in [-0.25, -0.2) is 10.5 Å². The normalized spacial score (nSPS) is 17.1. The van der Waals surface area contributed by atoms with Crippen LogP contribution in [-0.2, 0) is 0 Å². The first-order valence-electron chi connectivity index (χ1n) is 3.59. The van der Waals surface area contributed by atoms with E-state index in [0.717, 1.165) is 5.69 Å². The zero-order valence-corrected chi connectivity index (χ0v) is 8.83. The predicted octanol–water partition coefficient (Wildman–Crippen LogP) is 2.05. The molecule has 2 rings (SSSR count). The van der Waals surface area contributed by atoms with E-state index < -0.39 is 0 Å². The zero-order chi connectivity index (χ0) is 9.26. The van der Waals surface area contributed by atoms with Crippen LogP contribution in [0.4, 0.5) is 5.69 Å². The Bertz CT molecular complexity index is 329. The molecular formula is C7H6BrClN4. The minimum absolute atomic E-state index is 0.364.